The van der Waals surface area contributed by atoms with E-state index in [1.807, 2.05) is 26.0 Å². The van der Waals surface area contributed by atoms with Gasteiger partial charge in [-0.15, -0.1) is 11.8 Å². The van der Waals surface area contributed by atoms with Gasteiger partial charge in [-0.05, 0) is 37.3 Å². The molecule has 0 aliphatic carbocycles. The van der Waals surface area contributed by atoms with Gasteiger partial charge in [-0.3, -0.25) is 14.4 Å². The molecule has 0 bridgehead atoms. The average molecular weight is 462 g/mol. The first-order chi connectivity index (χ1) is 14.9. The van der Waals surface area contributed by atoms with Crippen molar-refractivity contribution in [2.75, 3.05) is 0 Å². The zero-order valence-corrected chi connectivity index (χ0v) is 20.0. The van der Waals surface area contributed by atoms with E-state index in [0.717, 1.165) is 5.56 Å². The van der Waals surface area contributed by atoms with E-state index in [9.17, 15) is 24.3 Å². The summed E-state index contributed by atoms with van der Waals surface area (Å²) in [6, 6.07) is 4.59. The van der Waals surface area contributed by atoms with Crippen molar-refractivity contribution in [1.82, 2.24) is 15.5 Å². The van der Waals surface area contributed by atoms with Gasteiger partial charge >= 0.3 is 5.97 Å². The maximum atomic E-state index is 13.5. The maximum absolute atomic E-state index is 13.5. The molecule has 2 aliphatic rings. The highest BCUT2D eigenvalue weighted by atomic mass is 32.2. The summed E-state index contributed by atoms with van der Waals surface area (Å²) in [6.07, 6.45) is 0. The van der Waals surface area contributed by atoms with Crippen LogP contribution in [0.3, 0.4) is 0 Å². The molecule has 0 aromatic heterocycles. The Balaban J connectivity index is 1.83. The highest BCUT2D eigenvalue weighted by Gasteiger charge is 2.57. The number of hydrogen-bond donors (Lipinski definition) is 3. The number of rotatable bonds is 7. The number of benzene rings is 1. The maximum Gasteiger partial charge on any atom is 0.326 e. The molecule has 32 heavy (non-hydrogen) atoms. The minimum atomic E-state index is -1.13. The highest BCUT2D eigenvalue weighted by Crippen LogP contribution is 2.56. The molecule has 2 heterocycles. The van der Waals surface area contributed by atoms with E-state index in [1.165, 1.54) is 0 Å². The summed E-state index contributed by atoms with van der Waals surface area (Å²) in [5.41, 5.74) is 1.49. The molecular weight excluding hydrogens is 430 g/mol. The minimum absolute atomic E-state index is 0.194. The first kappa shape index (κ1) is 24.1. The third kappa shape index (κ3) is 4.22. The number of carbonyl (C=O) groups excluding carboxylic acids is 3. The third-order valence-corrected chi connectivity index (χ3v) is 7.56. The fourth-order valence-corrected chi connectivity index (χ4v) is 5.92. The summed E-state index contributed by atoms with van der Waals surface area (Å²) in [5.74, 6) is -2.88. The van der Waals surface area contributed by atoms with Gasteiger partial charge in [0.15, 0.2) is 0 Å². The lowest BCUT2D eigenvalue weighted by Gasteiger charge is -2.32. The molecule has 1 saturated heterocycles. The van der Waals surface area contributed by atoms with Crippen molar-refractivity contribution in [1.29, 1.82) is 0 Å². The fraction of sp³-hybridized carbons (Fsp3) is 0.565. The van der Waals surface area contributed by atoms with Crippen LogP contribution in [0.4, 0.5) is 0 Å². The summed E-state index contributed by atoms with van der Waals surface area (Å²) in [4.78, 5) is 52.6. The van der Waals surface area contributed by atoms with Crippen LogP contribution in [0.15, 0.2) is 24.3 Å². The normalized spacial score (nSPS) is 23.0. The molecule has 174 valence electrons. The number of hydrogen-bond acceptors (Lipinski definition) is 5. The van der Waals surface area contributed by atoms with E-state index < -0.39 is 40.7 Å². The zero-order chi connectivity index (χ0) is 24.0. The first-order valence-corrected chi connectivity index (χ1v) is 11.7. The topological polar surface area (TPSA) is 116 Å². The summed E-state index contributed by atoms with van der Waals surface area (Å²) in [6.45, 7) is 10.8. The van der Waals surface area contributed by atoms with Crippen molar-refractivity contribution < 1.29 is 24.3 Å². The number of thioether (sulfide) groups is 1. The molecule has 9 heteroatoms. The van der Waals surface area contributed by atoms with Crippen molar-refractivity contribution in [3.05, 3.63) is 35.4 Å². The summed E-state index contributed by atoms with van der Waals surface area (Å²) < 4.78 is -0.572. The first-order valence-electron chi connectivity index (χ1n) is 10.8. The van der Waals surface area contributed by atoms with Gasteiger partial charge in [-0.2, -0.15) is 0 Å². The van der Waals surface area contributed by atoms with E-state index in [-0.39, 0.29) is 23.1 Å². The minimum Gasteiger partial charge on any atom is -0.480 e. The Bertz CT molecular complexity index is 945. The van der Waals surface area contributed by atoms with Crippen molar-refractivity contribution in [2.45, 2.75) is 69.8 Å². The molecular formula is C23H31N3O5S. The molecule has 4 atom stereocenters. The van der Waals surface area contributed by atoms with E-state index in [1.54, 1.807) is 56.5 Å². The van der Waals surface area contributed by atoms with E-state index >= 15 is 0 Å². The molecule has 1 aromatic carbocycles. The van der Waals surface area contributed by atoms with Gasteiger partial charge < -0.3 is 20.6 Å². The van der Waals surface area contributed by atoms with Crippen LogP contribution in [-0.2, 0) is 14.4 Å². The van der Waals surface area contributed by atoms with Crippen LogP contribution in [0.1, 0.15) is 62.8 Å². The van der Waals surface area contributed by atoms with Crippen molar-refractivity contribution in [3.63, 3.8) is 0 Å². The van der Waals surface area contributed by atoms with Crippen LogP contribution in [0, 0.1) is 11.8 Å². The number of nitrogens with one attached hydrogen (secondary N) is 2. The standard InChI is InChI=1S/C23H31N3O5S/c1-11(2)15(18(27)25-16(12(3)4)22(30)31)24-19(28)17-23(5,6)32-21-14-10-8-7-9-13(14)20(29)26(17)21/h7-12,15-17,21H,1-6H3,(H,24,28)(H,25,27)(H,30,31)/t15-,16-,17+,21+/m0/s1. The summed E-state index contributed by atoms with van der Waals surface area (Å²) in [7, 11) is 0. The smallest absolute Gasteiger partial charge is 0.326 e. The van der Waals surface area contributed by atoms with Gasteiger partial charge in [0.05, 0.1) is 0 Å². The lowest BCUT2D eigenvalue weighted by molar-refractivity contribution is -0.143. The van der Waals surface area contributed by atoms with Gasteiger partial charge in [0.2, 0.25) is 11.8 Å². The lowest BCUT2D eigenvalue weighted by Crippen LogP contribution is -2.60. The zero-order valence-electron chi connectivity index (χ0n) is 19.2. The van der Waals surface area contributed by atoms with Crippen molar-refractivity contribution in [3.8, 4) is 0 Å². The molecule has 0 unspecified atom stereocenters. The number of fused-ring (bicyclic) bond motifs is 3. The molecule has 3 rings (SSSR count). The predicted molar refractivity (Wildman–Crippen MR) is 122 cm³/mol. The molecule has 1 aromatic rings. The molecule has 0 radical (unpaired) electrons. The molecule has 0 spiro atoms. The second kappa shape index (κ2) is 8.77. The Morgan fingerprint density at radius 3 is 2.19 bits per heavy atom. The molecule has 8 nitrogen and oxygen atoms in total. The van der Waals surface area contributed by atoms with Crippen LogP contribution in [0.5, 0.6) is 0 Å². The molecule has 1 fully saturated rings. The van der Waals surface area contributed by atoms with Crippen LogP contribution in [0.2, 0.25) is 0 Å². The van der Waals surface area contributed by atoms with Gasteiger partial charge in [0, 0.05) is 10.3 Å². The fourth-order valence-electron chi connectivity index (χ4n) is 4.33. The average Bonchev–Trinajstić information content (AvgIpc) is 3.12. The monoisotopic (exact) mass is 461 g/mol. The molecule has 3 amide bonds. The van der Waals surface area contributed by atoms with Gasteiger partial charge in [-0.25, -0.2) is 4.79 Å². The summed E-state index contributed by atoms with van der Waals surface area (Å²) >= 11 is 1.55. The Morgan fingerprint density at radius 2 is 1.62 bits per heavy atom. The van der Waals surface area contributed by atoms with Crippen LogP contribution >= 0.6 is 11.8 Å². The summed E-state index contributed by atoms with van der Waals surface area (Å²) in [5, 5.41) is 14.5. The Morgan fingerprint density at radius 1 is 1.03 bits per heavy atom. The van der Waals surface area contributed by atoms with Crippen LogP contribution < -0.4 is 10.6 Å². The quantitative estimate of drug-likeness (QED) is 0.574. The Hall–Kier alpha value is -2.55. The number of carbonyl (C=O) groups is 4. The second-order valence-corrected chi connectivity index (χ2v) is 11.3. The highest BCUT2D eigenvalue weighted by molar-refractivity contribution is 8.01. The number of amides is 3. The largest absolute Gasteiger partial charge is 0.480 e. The SMILES string of the molecule is CC(C)[C@H](NC(=O)[C@@H](NC(=O)[C@H]1N2C(=O)c3ccccc3[C@H]2SC1(C)C)C(C)C)C(=O)O. The number of carboxylic acids is 1. The van der Waals surface area contributed by atoms with Crippen LogP contribution in [0.25, 0.3) is 0 Å². The van der Waals surface area contributed by atoms with E-state index in [0.29, 0.717) is 5.56 Å². The van der Waals surface area contributed by atoms with Crippen molar-refractivity contribution >= 4 is 35.5 Å². The van der Waals surface area contributed by atoms with Gasteiger partial charge in [0.25, 0.3) is 5.91 Å². The Labute approximate surface area is 192 Å². The molecule has 2 aliphatic heterocycles. The van der Waals surface area contributed by atoms with Gasteiger partial charge in [0.1, 0.15) is 23.5 Å². The predicted octanol–water partition coefficient (Wildman–Crippen LogP) is 2.40. The number of aliphatic carboxylic acids is 1. The third-order valence-electron chi connectivity index (χ3n) is 6.02. The van der Waals surface area contributed by atoms with Crippen LogP contribution in [-0.4, -0.2) is 56.6 Å². The second-order valence-electron chi connectivity index (χ2n) is 9.57. The molecule has 3 N–H and O–H groups in total. The van der Waals surface area contributed by atoms with Crippen molar-refractivity contribution in [2.24, 2.45) is 11.8 Å². The number of nitrogens with zero attached hydrogens (tertiary/aromatic N) is 1. The van der Waals surface area contributed by atoms with Gasteiger partial charge in [-0.1, -0.05) is 45.9 Å². The van der Waals surface area contributed by atoms with E-state index in [2.05, 4.69) is 10.6 Å². The lowest BCUT2D eigenvalue weighted by atomic mass is 9.97. The number of carboxylic acid groups (broad SMARTS) is 1. The Kier molecular flexibility index (Phi) is 6.60. The van der Waals surface area contributed by atoms with E-state index in [4.69, 9.17) is 0 Å². The molecule has 0 saturated carbocycles.